The van der Waals surface area contributed by atoms with E-state index in [1.165, 1.54) is 23.5 Å². The Bertz CT molecular complexity index is 674. The van der Waals surface area contributed by atoms with Gasteiger partial charge in [-0.3, -0.25) is 9.69 Å². The van der Waals surface area contributed by atoms with Gasteiger partial charge in [0.25, 0.3) is 0 Å². The Morgan fingerprint density at radius 1 is 1.43 bits per heavy atom. The average molecular weight is 335 g/mol. The second-order valence-corrected chi connectivity index (χ2v) is 6.52. The van der Waals surface area contributed by atoms with Crippen LogP contribution in [0.15, 0.2) is 29.6 Å². The first-order chi connectivity index (χ1) is 11.1. The van der Waals surface area contributed by atoms with Crippen LogP contribution in [-0.4, -0.2) is 47.1 Å². The molecule has 2 aromatic rings. The smallest absolute Gasteiger partial charge is 0.240 e. The quantitative estimate of drug-likeness (QED) is 0.879. The number of nitrogens with zero attached hydrogens (tertiary/aromatic N) is 2. The number of anilines is 1. The number of nitrogens with one attached hydrogen (secondary N) is 1. The zero-order chi connectivity index (χ0) is 16.2. The van der Waals surface area contributed by atoms with Crippen LogP contribution in [0.5, 0.6) is 0 Å². The van der Waals surface area contributed by atoms with Crippen LogP contribution in [-0.2, 0) is 4.79 Å². The maximum Gasteiger partial charge on any atom is 0.240 e. The summed E-state index contributed by atoms with van der Waals surface area (Å²) in [7, 11) is 0. The van der Waals surface area contributed by atoms with Gasteiger partial charge in [-0.2, -0.15) is 0 Å². The van der Waals surface area contributed by atoms with Crippen LogP contribution in [0.3, 0.4) is 0 Å². The SMILES string of the molecule is O=C(CN1CCC(CO)C1)Nc1nc(-c2ccc(F)cc2)cs1. The molecule has 1 aliphatic heterocycles. The van der Waals surface area contributed by atoms with E-state index in [2.05, 4.69) is 10.3 Å². The summed E-state index contributed by atoms with van der Waals surface area (Å²) in [5, 5.41) is 14.3. The van der Waals surface area contributed by atoms with Crippen molar-refractivity contribution in [1.82, 2.24) is 9.88 Å². The van der Waals surface area contributed by atoms with Gasteiger partial charge in [0.05, 0.1) is 12.2 Å². The van der Waals surface area contributed by atoms with Crippen LogP contribution in [0, 0.1) is 11.7 Å². The predicted octanol–water partition coefficient (Wildman–Crippen LogP) is 2.20. The van der Waals surface area contributed by atoms with Gasteiger partial charge in [0.15, 0.2) is 5.13 Å². The van der Waals surface area contributed by atoms with Gasteiger partial charge in [-0.1, -0.05) is 0 Å². The first kappa shape index (κ1) is 16.0. The van der Waals surface area contributed by atoms with Crippen molar-refractivity contribution in [2.24, 2.45) is 5.92 Å². The van der Waals surface area contributed by atoms with E-state index in [1.54, 1.807) is 12.1 Å². The summed E-state index contributed by atoms with van der Waals surface area (Å²) in [5.41, 5.74) is 1.53. The molecule has 0 saturated carbocycles. The molecule has 3 rings (SSSR count). The number of aromatic nitrogens is 1. The molecule has 122 valence electrons. The molecule has 1 saturated heterocycles. The third-order valence-corrected chi connectivity index (χ3v) is 4.64. The van der Waals surface area contributed by atoms with Crippen LogP contribution in [0.25, 0.3) is 11.3 Å². The Kier molecular flexibility index (Phi) is 5.00. The van der Waals surface area contributed by atoms with Crippen molar-refractivity contribution in [3.63, 3.8) is 0 Å². The number of carbonyl (C=O) groups is 1. The highest BCUT2D eigenvalue weighted by Crippen LogP contribution is 2.25. The Morgan fingerprint density at radius 2 is 2.22 bits per heavy atom. The molecule has 1 amide bonds. The lowest BCUT2D eigenvalue weighted by Gasteiger charge is -2.14. The molecular formula is C16H18FN3O2S. The van der Waals surface area contributed by atoms with Gasteiger partial charge in [-0.05, 0) is 43.1 Å². The Labute approximate surface area is 137 Å². The zero-order valence-corrected chi connectivity index (χ0v) is 13.4. The van der Waals surface area contributed by atoms with Crippen LogP contribution in [0.2, 0.25) is 0 Å². The van der Waals surface area contributed by atoms with E-state index in [-0.39, 0.29) is 24.2 Å². The average Bonchev–Trinajstić information content (AvgIpc) is 3.17. The van der Waals surface area contributed by atoms with Crippen molar-refractivity contribution in [3.8, 4) is 11.3 Å². The number of hydrogen-bond donors (Lipinski definition) is 2. The molecule has 5 nitrogen and oxygen atoms in total. The van der Waals surface area contributed by atoms with Crippen molar-refractivity contribution in [1.29, 1.82) is 0 Å². The van der Waals surface area contributed by atoms with Gasteiger partial charge in [0.2, 0.25) is 5.91 Å². The van der Waals surface area contributed by atoms with E-state index in [4.69, 9.17) is 5.11 Å². The fourth-order valence-electron chi connectivity index (χ4n) is 2.65. The van der Waals surface area contributed by atoms with Crippen molar-refractivity contribution in [2.45, 2.75) is 6.42 Å². The van der Waals surface area contributed by atoms with Crippen molar-refractivity contribution < 1.29 is 14.3 Å². The van der Waals surface area contributed by atoms with E-state index in [9.17, 15) is 9.18 Å². The standard InChI is InChI=1S/C16H18FN3O2S/c17-13-3-1-12(2-4-13)14-10-23-16(18-14)19-15(22)8-20-6-5-11(7-20)9-21/h1-4,10-11,21H,5-9H2,(H,18,19,22). The number of thiazole rings is 1. The molecule has 0 aliphatic carbocycles. The van der Waals surface area contributed by atoms with Crippen molar-refractivity contribution in [3.05, 3.63) is 35.5 Å². The molecule has 1 aromatic carbocycles. The number of amides is 1. The van der Waals surface area contributed by atoms with Crippen molar-refractivity contribution in [2.75, 3.05) is 31.6 Å². The number of benzene rings is 1. The maximum atomic E-state index is 12.9. The summed E-state index contributed by atoms with van der Waals surface area (Å²) in [6.45, 7) is 2.06. The predicted molar refractivity (Wildman–Crippen MR) is 87.8 cm³/mol. The normalized spacial score (nSPS) is 18.3. The summed E-state index contributed by atoms with van der Waals surface area (Å²) < 4.78 is 12.9. The molecule has 0 spiro atoms. The Morgan fingerprint density at radius 3 is 2.91 bits per heavy atom. The van der Waals surface area contributed by atoms with E-state index < -0.39 is 0 Å². The third-order valence-electron chi connectivity index (χ3n) is 3.89. The molecule has 0 radical (unpaired) electrons. The van der Waals surface area contributed by atoms with Crippen LogP contribution in [0.4, 0.5) is 9.52 Å². The minimum absolute atomic E-state index is 0.108. The van der Waals surface area contributed by atoms with Crippen molar-refractivity contribution >= 4 is 22.4 Å². The zero-order valence-electron chi connectivity index (χ0n) is 12.5. The van der Waals surface area contributed by atoms with E-state index >= 15 is 0 Å². The summed E-state index contributed by atoms with van der Waals surface area (Å²) >= 11 is 1.34. The minimum Gasteiger partial charge on any atom is -0.396 e. The van der Waals surface area contributed by atoms with E-state index in [0.29, 0.717) is 17.4 Å². The largest absolute Gasteiger partial charge is 0.396 e. The first-order valence-corrected chi connectivity index (χ1v) is 8.36. The highest BCUT2D eigenvalue weighted by Gasteiger charge is 2.23. The number of rotatable bonds is 5. The molecule has 2 N–H and O–H groups in total. The number of hydrogen-bond acceptors (Lipinski definition) is 5. The maximum absolute atomic E-state index is 12.9. The topological polar surface area (TPSA) is 65.5 Å². The third kappa shape index (κ3) is 4.13. The number of aliphatic hydroxyl groups is 1. The molecule has 2 heterocycles. The van der Waals surface area contributed by atoms with E-state index in [0.717, 1.165) is 25.1 Å². The van der Waals surface area contributed by atoms with Gasteiger partial charge in [0, 0.05) is 24.1 Å². The highest BCUT2D eigenvalue weighted by molar-refractivity contribution is 7.14. The highest BCUT2D eigenvalue weighted by atomic mass is 32.1. The first-order valence-electron chi connectivity index (χ1n) is 7.48. The van der Waals surface area contributed by atoms with E-state index in [1.807, 2.05) is 10.3 Å². The lowest BCUT2D eigenvalue weighted by molar-refractivity contribution is -0.117. The lowest BCUT2D eigenvalue weighted by Crippen LogP contribution is -2.31. The molecule has 23 heavy (non-hydrogen) atoms. The minimum atomic E-state index is -0.288. The van der Waals surface area contributed by atoms with Gasteiger partial charge in [0.1, 0.15) is 5.82 Å². The fourth-order valence-corrected chi connectivity index (χ4v) is 3.39. The lowest BCUT2D eigenvalue weighted by atomic mass is 10.1. The summed E-state index contributed by atoms with van der Waals surface area (Å²) in [4.78, 5) is 18.4. The molecule has 1 fully saturated rings. The summed E-state index contributed by atoms with van der Waals surface area (Å²) in [6.07, 6.45) is 0.926. The van der Waals surface area contributed by atoms with Crippen LogP contribution in [0.1, 0.15) is 6.42 Å². The summed E-state index contributed by atoms with van der Waals surface area (Å²) in [5.74, 6) is -0.124. The molecule has 1 atom stereocenters. The summed E-state index contributed by atoms with van der Waals surface area (Å²) in [6, 6.07) is 6.10. The number of likely N-dealkylation sites (tertiary alicyclic amines) is 1. The molecular weight excluding hydrogens is 317 g/mol. The molecule has 1 aliphatic rings. The van der Waals surface area contributed by atoms with Gasteiger partial charge < -0.3 is 10.4 Å². The molecule has 7 heteroatoms. The molecule has 0 bridgehead atoms. The number of aliphatic hydroxyl groups excluding tert-OH is 1. The fraction of sp³-hybridized carbons (Fsp3) is 0.375. The Balaban J connectivity index is 1.56. The number of halogens is 1. The number of carbonyl (C=O) groups excluding carboxylic acids is 1. The second kappa shape index (κ2) is 7.16. The second-order valence-electron chi connectivity index (χ2n) is 5.67. The molecule has 1 unspecified atom stereocenters. The van der Waals surface area contributed by atoms with Crippen LogP contribution >= 0.6 is 11.3 Å². The van der Waals surface area contributed by atoms with Gasteiger partial charge in [-0.15, -0.1) is 11.3 Å². The van der Waals surface area contributed by atoms with Gasteiger partial charge >= 0.3 is 0 Å². The monoisotopic (exact) mass is 335 g/mol. The van der Waals surface area contributed by atoms with Crippen LogP contribution < -0.4 is 5.32 Å². The molecule has 1 aromatic heterocycles. The van der Waals surface area contributed by atoms with Gasteiger partial charge in [-0.25, -0.2) is 9.37 Å². The Hall–Kier alpha value is -1.83.